The highest BCUT2D eigenvalue weighted by atomic mass is 19.1. The maximum absolute atomic E-state index is 12.6. The lowest BCUT2D eigenvalue weighted by atomic mass is 9.84. The SMILES string of the molecule is CC.CC.CC.CCC1CCC1.CCc1ccccc1F. The van der Waals surface area contributed by atoms with Crippen molar-refractivity contribution in [3.05, 3.63) is 35.6 Å². The summed E-state index contributed by atoms with van der Waals surface area (Å²) in [5.41, 5.74) is 0.789. The van der Waals surface area contributed by atoms with E-state index in [-0.39, 0.29) is 5.82 Å². The number of halogens is 1. The van der Waals surface area contributed by atoms with Crippen LogP contribution in [0.5, 0.6) is 0 Å². The van der Waals surface area contributed by atoms with Gasteiger partial charge in [-0.2, -0.15) is 0 Å². The molecule has 0 bridgehead atoms. The van der Waals surface area contributed by atoms with E-state index in [1.165, 1.54) is 31.7 Å². The van der Waals surface area contributed by atoms with Gasteiger partial charge in [-0.25, -0.2) is 4.39 Å². The molecule has 21 heavy (non-hydrogen) atoms. The highest BCUT2D eigenvalue weighted by molar-refractivity contribution is 5.16. The Bertz CT molecular complexity index is 274. The van der Waals surface area contributed by atoms with E-state index in [2.05, 4.69) is 6.92 Å². The fourth-order valence-electron chi connectivity index (χ4n) is 1.69. The third kappa shape index (κ3) is 13.9. The second-order valence-electron chi connectivity index (χ2n) is 4.15. The van der Waals surface area contributed by atoms with Crippen LogP contribution in [0, 0.1) is 11.7 Å². The van der Waals surface area contributed by atoms with Crippen molar-refractivity contribution in [1.82, 2.24) is 0 Å². The molecule has 1 aromatic rings. The summed E-state index contributed by atoms with van der Waals surface area (Å²) in [6, 6.07) is 6.84. The Morgan fingerprint density at radius 1 is 0.905 bits per heavy atom. The van der Waals surface area contributed by atoms with E-state index in [4.69, 9.17) is 0 Å². The number of hydrogen-bond donors (Lipinski definition) is 0. The smallest absolute Gasteiger partial charge is 0.126 e. The summed E-state index contributed by atoms with van der Waals surface area (Å²) >= 11 is 0. The van der Waals surface area contributed by atoms with Gasteiger partial charge in [0.1, 0.15) is 5.82 Å². The first-order valence-corrected chi connectivity index (χ1v) is 9.01. The molecule has 1 saturated carbocycles. The molecular weight excluding hydrogens is 259 g/mol. The summed E-state index contributed by atoms with van der Waals surface area (Å²) < 4.78 is 12.6. The topological polar surface area (TPSA) is 0 Å². The first-order chi connectivity index (χ1) is 10.3. The monoisotopic (exact) mass is 298 g/mol. The maximum atomic E-state index is 12.6. The van der Waals surface area contributed by atoms with Crippen LogP contribution in [0.3, 0.4) is 0 Å². The van der Waals surface area contributed by atoms with Gasteiger partial charge in [0.2, 0.25) is 0 Å². The molecule has 1 aromatic carbocycles. The van der Waals surface area contributed by atoms with Crippen molar-refractivity contribution in [1.29, 1.82) is 0 Å². The van der Waals surface area contributed by atoms with Gasteiger partial charge in [-0.05, 0) is 24.0 Å². The molecule has 0 N–H and O–H groups in total. The Hall–Kier alpha value is -0.850. The van der Waals surface area contributed by atoms with Gasteiger partial charge < -0.3 is 0 Å². The van der Waals surface area contributed by atoms with Crippen LogP contribution in [0.2, 0.25) is 0 Å². The zero-order chi connectivity index (χ0) is 17.1. The average Bonchev–Trinajstić information content (AvgIpc) is 2.53. The highest BCUT2D eigenvalue weighted by Gasteiger charge is 2.13. The van der Waals surface area contributed by atoms with Crippen molar-refractivity contribution >= 4 is 0 Å². The first-order valence-electron chi connectivity index (χ1n) is 9.01. The lowest BCUT2D eigenvalue weighted by Gasteiger charge is -2.22. The number of hydrogen-bond acceptors (Lipinski definition) is 0. The highest BCUT2D eigenvalue weighted by Crippen LogP contribution is 2.28. The van der Waals surface area contributed by atoms with Crippen molar-refractivity contribution in [2.45, 2.75) is 87.5 Å². The van der Waals surface area contributed by atoms with Crippen molar-refractivity contribution in [2.24, 2.45) is 5.92 Å². The summed E-state index contributed by atoms with van der Waals surface area (Å²) in [6.07, 6.45) is 6.71. The Morgan fingerprint density at radius 2 is 1.38 bits per heavy atom. The van der Waals surface area contributed by atoms with Crippen molar-refractivity contribution < 1.29 is 4.39 Å². The van der Waals surface area contributed by atoms with E-state index < -0.39 is 0 Å². The molecule has 0 saturated heterocycles. The quantitative estimate of drug-likeness (QED) is 0.525. The molecule has 0 unspecified atom stereocenters. The summed E-state index contributed by atoms with van der Waals surface area (Å²) in [5.74, 6) is 1.02. The van der Waals surface area contributed by atoms with Crippen LogP contribution < -0.4 is 0 Å². The summed E-state index contributed by atoms with van der Waals surface area (Å²) in [7, 11) is 0. The molecule has 1 heteroatoms. The van der Waals surface area contributed by atoms with E-state index in [0.29, 0.717) is 0 Å². The van der Waals surface area contributed by atoms with Crippen LogP contribution in [-0.4, -0.2) is 0 Å². The fraction of sp³-hybridized carbons (Fsp3) is 0.700. The largest absolute Gasteiger partial charge is 0.207 e. The van der Waals surface area contributed by atoms with E-state index in [9.17, 15) is 4.39 Å². The van der Waals surface area contributed by atoms with Gasteiger partial charge in [0.05, 0.1) is 0 Å². The minimum Gasteiger partial charge on any atom is -0.207 e. The van der Waals surface area contributed by atoms with Crippen LogP contribution in [0.15, 0.2) is 24.3 Å². The van der Waals surface area contributed by atoms with Gasteiger partial charge >= 0.3 is 0 Å². The molecule has 0 aromatic heterocycles. The summed E-state index contributed by atoms with van der Waals surface area (Å²) in [4.78, 5) is 0. The second kappa shape index (κ2) is 21.4. The number of benzene rings is 1. The van der Waals surface area contributed by atoms with Gasteiger partial charge in [-0.1, -0.05) is 99.3 Å². The zero-order valence-corrected chi connectivity index (χ0v) is 15.8. The minimum atomic E-state index is -0.0972. The molecular formula is C20H39F. The maximum Gasteiger partial charge on any atom is 0.126 e. The molecule has 0 atom stereocenters. The first kappa shape index (κ1) is 25.1. The third-order valence-corrected chi connectivity index (χ3v) is 3.14. The van der Waals surface area contributed by atoms with Gasteiger partial charge in [-0.3, -0.25) is 0 Å². The van der Waals surface area contributed by atoms with E-state index in [1.54, 1.807) is 12.1 Å². The van der Waals surface area contributed by atoms with Crippen LogP contribution in [0.4, 0.5) is 4.39 Å². The molecule has 0 amide bonds. The van der Waals surface area contributed by atoms with Crippen molar-refractivity contribution in [3.63, 3.8) is 0 Å². The standard InChI is InChI=1S/C8H9F.C6H12.3C2H6/c1-2-7-5-3-4-6-8(7)9;1-2-6-4-3-5-6;3*1-2/h3-6H,2H2,1H3;6H,2-5H2,1H3;3*1-2H3. The lowest BCUT2D eigenvalue weighted by Crippen LogP contribution is -2.08. The Labute approximate surface area is 134 Å². The molecule has 0 radical (unpaired) electrons. The van der Waals surface area contributed by atoms with E-state index >= 15 is 0 Å². The average molecular weight is 299 g/mol. The molecule has 0 aliphatic heterocycles. The van der Waals surface area contributed by atoms with Crippen LogP contribution in [0.25, 0.3) is 0 Å². The second-order valence-corrected chi connectivity index (χ2v) is 4.15. The predicted molar refractivity (Wildman–Crippen MR) is 97.5 cm³/mol. The normalized spacial score (nSPS) is 11.7. The molecule has 1 aliphatic carbocycles. The van der Waals surface area contributed by atoms with Gasteiger partial charge in [0, 0.05) is 0 Å². The van der Waals surface area contributed by atoms with Crippen LogP contribution >= 0.6 is 0 Å². The fourth-order valence-corrected chi connectivity index (χ4v) is 1.69. The van der Waals surface area contributed by atoms with Gasteiger partial charge in [0.15, 0.2) is 0 Å². The Kier molecular flexibility index (Phi) is 25.7. The molecule has 126 valence electrons. The Morgan fingerprint density at radius 3 is 1.57 bits per heavy atom. The van der Waals surface area contributed by atoms with Gasteiger partial charge in [-0.15, -0.1) is 0 Å². The number of aryl methyl sites for hydroxylation is 1. The molecule has 0 spiro atoms. The third-order valence-electron chi connectivity index (χ3n) is 3.14. The summed E-state index contributed by atoms with van der Waals surface area (Å²) in [5, 5.41) is 0. The minimum absolute atomic E-state index is 0.0972. The van der Waals surface area contributed by atoms with E-state index in [1.807, 2.05) is 54.5 Å². The van der Waals surface area contributed by atoms with Crippen molar-refractivity contribution in [3.8, 4) is 0 Å². The lowest BCUT2D eigenvalue weighted by molar-refractivity contribution is 0.307. The molecule has 0 heterocycles. The Balaban J connectivity index is -0.000000235. The molecule has 1 fully saturated rings. The van der Waals surface area contributed by atoms with Crippen molar-refractivity contribution in [2.75, 3.05) is 0 Å². The molecule has 0 nitrogen and oxygen atoms in total. The van der Waals surface area contributed by atoms with Crippen LogP contribution in [-0.2, 0) is 6.42 Å². The zero-order valence-electron chi connectivity index (χ0n) is 15.8. The van der Waals surface area contributed by atoms with Gasteiger partial charge in [0.25, 0.3) is 0 Å². The van der Waals surface area contributed by atoms with Crippen LogP contribution in [0.1, 0.15) is 86.6 Å². The summed E-state index contributed by atoms with van der Waals surface area (Å²) in [6.45, 7) is 16.2. The van der Waals surface area contributed by atoms with E-state index in [0.717, 1.165) is 17.9 Å². The predicted octanol–water partition coefficient (Wildman–Crippen LogP) is 7.66. The molecule has 2 rings (SSSR count). The molecule has 1 aliphatic rings. The number of rotatable bonds is 2.